The Labute approximate surface area is 140 Å². The number of benzene rings is 1. The summed E-state index contributed by atoms with van der Waals surface area (Å²) in [5, 5.41) is 0.788. The number of hydrogen-bond acceptors (Lipinski definition) is 1. The monoisotopic (exact) mass is 420 g/mol. The van der Waals surface area contributed by atoms with Gasteiger partial charge in [-0.05, 0) is 41.3 Å². The summed E-state index contributed by atoms with van der Waals surface area (Å²) in [6.45, 7) is 6.70. The van der Waals surface area contributed by atoms with Gasteiger partial charge in [0.15, 0.2) is 0 Å². The Kier molecular flexibility index (Phi) is 4.82. The molecule has 1 atom stereocenters. The maximum absolute atomic E-state index is 6.29. The molecular formula is C15H15Br2ClS. The first-order valence-electron chi connectivity index (χ1n) is 5.98. The molecule has 2 aromatic rings. The summed E-state index contributed by atoms with van der Waals surface area (Å²) in [6.07, 6.45) is 0. The van der Waals surface area contributed by atoms with Gasteiger partial charge < -0.3 is 0 Å². The highest BCUT2D eigenvalue weighted by Gasteiger charge is 2.20. The first-order chi connectivity index (χ1) is 8.79. The lowest BCUT2D eigenvalue weighted by Gasteiger charge is -2.16. The highest BCUT2D eigenvalue weighted by molar-refractivity contribution is 9.10. The third kappa shape index (κ3) is 3.63. The molecule has 19 heavy (non-hydrogen) atoms. The summed E-state index contributed by atoms with van der Waals surface area (Å²) in [6, 6.07) is 10.3. The standard InChI is InChI=1S/C15H15Br2ClS/c1-15(2,3)13-7-6-12(19-13)14(17)10-8-9(16)4-5-11(10)18/h4-8,14H,1-3H3. The molecule has 0 aliphatic heterocycles. The van der Waals surface area contributed by atoms with Crippen molar-refractivity contribution in [2.75, 3.05) is 0 Å². The van der Waals surface area contributed by atoms with Crippen LogP contribution in [0.1, 0.15) is 40.9 Å². The largest absolute Gasteiger partial charge is 0.143 e. The number of hydrogen-bond donors (Lipinski definition) is 0. The molecule has 0 amide bonds. The van der Waals surface area contributed by atoms with E-state index in [0.29, 0.717) is 0 Å². The van der Waals surface area contributed by atoms with Crippen LogP contribution in [-0.2, 0) is 5.41 Å². The van der Waals surface area contributed by atoms with Gasteiger partial charge in [-0.25, -0.2) is 0 Å². The fourth-order valence-electron chi connectivity index (χ4n) is 1.75. The third-order valence-corrected chi connectivity index (χ3v) is 6.55. The molecule has 2 rings (SSSR count). The number of halogens is 3. The van der Waals surface area contributed by atoms with Gasteiger partial charge in [0.25, 0.3) is 0 Å². The number of thiophene rings is 1. The topological polar surface area (TPSA) is 0 Å². The van der Waals surface area contributed by atoms with Gasteiger partial charge in [0.2, 0.25) is 0 Å². The van der Waals surface area contributed by atoms with Gasteiger partial charge in [-0.3, -0.25) is 0 Å². The third-order valence-electron chi connectivity index (χ3n) is 2.85. The minimum Gasteiger partial charge on any atom is -0.143 e. The average molecular weight is 423 g/mol. The minimum atomic E-state index is 0.138. The molecule has 0 aliphatic rings. The van der Waals surface area contributed by atoms with Crippen molar-refractivity contribution in [3.63, 3.8) is 0 Å². The van der Waals surface area contributed by atoms with Gasteiger partial charge in [-0.2, -0.15) is 0 Å². The van der Waals surface area contributed by atoms with E-state index in [1.54, 1.807) is 0 Å². The van der Waals surface area contributed by atoms with Gasteiger partial charge in [0.1, 0.15) is 0 Å². The number of rotatable bonds is 2. The molecule has 0 saturated heterocycles. The summed E-state index contributed by atoms with van der Waals surface area (Å²) in [4.78, 5) is 2.81. The quantitative estimate of drug-likeness (QED) is 0.460. The molecule has 102 valence electrons. The highest BCUT2D eigenvalue weighted by atomic mass is 79.9. The second-order valence-electron chi connectivity index (χ2n) is 5.48. The lowest BCUT2D eigenvalue weighted by atomic mass is 9.95. The van der Waals surface area contributed by atoms with Crippen LogP contribution in [0.15, 0.2) is 34.8 Å². The molecule has 0 nitrogen and oxygen atoms in total. The average Bonchev–Trinajstić information content (AvgIpc) is 2.80. The molecule has 1 aromatic heterocycles. The first-order valence-corrected chi connectivity index (χ1v) is 8.88. The smallest absolute Gasteiger partial charge is 0.0752 e. The van der Waals surface area contributed by atoms with Crippen LogP contribution in [0, 0.1) is 0 Å². The van der Waals surface area contributed by atoms with E-state index in [-0.39, 0.29) is 10.2 Å². The minimum absolute atomic E-state index is 0.138. The van der Waals surface area contributed by atoms with Crippen molar-refractivity contribution in [1.29, 1.82) is 0 Å². The fourth-order valence-corrected chi connectivity index (χ4v) is 4.37. The molecule has 0 spiro atoms. The molecule has 0 N–H and O–H groups in total. The predicted molar refractivity (Wildman–Crippen MR) is 92.9 cm³/mol. The summed E-state index contributed by atoms with van der Waals surface area (Å²) >= 11 is 15.4. The Morgan fingerprint density at radius 3 is 2.42 bits per heavy atom. The molecule has 1 heterocycles. The van der Waals surface area contributed by atoms with Gasteiger partial charge in [0.05, 0.1) is 4.83 Å². The number of alkyl halides is 1. The van der Waals surface area contributed by atoms with E-state index in [0.717, 1.165) is 15.1 Å². The summed E-state index contributed by atoms with van der Waals surface area (Å²) in [5.41, 5.74) is 1.29. The molecule has 0 radical (unpaired) electrons. The molecule has 0 bridgehead atoms. The van der Waals surface area contributed by atoms with Gasteiger partial charge in [-0.1, -0.05) is 64.2 Å². The van der Waals surface area contributed by atoms with Crippen molar-refractivity contribution >= 4 is 54.8 Å². The van der Waals surface area contributed by atoms with E-state index < -0.39 is 0 Å². The van der Waals surface area contributed by atoms with Crippen molar-refractivity contribution in [1.82, 2.24) is 0 Å². The molecule has 1 unspecified atom stereocenters. The Hall–Kier alpha value is 0.170. The van der Waals surface area contributed by atoms with E-state index in [2.05, 4.69) is 70.8 Å². The van der Waals surface area contributed by atoms with Crippen LogP contribution in [0.4, 0.5) is 0 Å². The van der Waals surface area contributed by atoms with Crippen LogP contribution < -0.4 is 0 Å². The van der Waals surface area contributed by atoms with E-state index in [1.165, 1.54) is 9.75 Å². The van der Waals surface area contributed by atoms with Crippen LogP contribution in [0.5, 0.6) is 0 Å². The second kappa shape index (κ2) is 5.88. The zero-order valence-electron chi connectivity index (χ0n) is 11.0. The zero-order chi connectivity index (χ0) is 14.2. The van der Waals surface area contributed by atoms with E-state index in [1.807, 2.05) is 23.5 Å². The van der Waals surface area contributed by atoms with Gasteiger partial charge in [0, 0.05) is 19.2 Å². The Bertz CT molecular complexity index is 584. The van der Waals surface area contributed by atoms with E-state index in [9.17, 15) is 0 Å². The maximum atomic E-state index is 6.29. The normalized spacial score (nSPS) is 13.6. The summed E-state index contributed by atoms with van der Waals surface area (Å²) < 4.78 is 1.05. The second-order valence-corrected chi connectivity index (χ2v) is 8.83. The molecule has 0 aliphatic carbocycles. The van der Waals surface area contributed by atoms with Crippen LogP contribution in [0.2, 0.25) is 5.02 Å². The Morgan fingerprint density at radius 2 is 1.84 bits per heavy atom. The Morgan fingerprint density at radius 1 is 1.16 bits per heavy atom. The lowest BCUT2D eigenvalue weighted by Crippen LogP contribution is -2.07. The van der Waals surface area contributed by atoms with Crippen LogP contribution in [0.25, 0.3) is 0 Å². The first kappa shape index (κ1) is 15.6. The summed E-state index contributed by atoms with van der Waals surface area (Å²) in [5.74, 6) is 0. The highest BCUT2D eigenvalue weighted by Crippen LogP contribution is 2.41. The van der Waals surface area contributed by atoms with E-state index >= 15 is 0 Å². The van der Waals surface area contributed by atoms with Gasteiger partial charge >= 0.3 is 0 Å². The van der Waals surface area contributed by atoms with Crippen LogP contribution in [0.3, 0.4) is 0 Å². The van der Waals surface area contributed by atoms with Crippen molar-refractivity contribution in [2.45, 2.75) is 31.0 Å². The molecular weight excluding hydrogens is 407 g/mol. The van der Waals surface area contributed by atoms with Crippen molar-refractivity contribution < 1.29 is 0 Å². The SMILES string of the molecule is CC(C)(C)c1ccc(C(Br)c2cc(Br)ccc2Cl)s1. The van der Waals surface area contributed by atoms with Gasteiger partial charge in [-0.15, -0.1) is 11.3 Å². The van der Waals surface area contributed by atoms with Crippen molar-refractivity contribution in [3.05, 3.63) is 55.1 Å². The van der Waals surface area contributed by atoms with Crippen molar-refractivity contribution in [2.24, 2.45) is 0 Å². The fraction of sp³-hybridized carbons (Fsp3) is 0.333. The predicted octanol–water partition coefficient (Wildman–Crippen LogP) is 6.95. The van der Waals surface area contributed by atoms with E-state index in [4.69, 9.17) is 11.6 Å². The molecule has 0 saturated carbocycles. The maximum Gasteiger partial charge on any atom is 0.0752 e. The lowest BCUT2D eigenvalue weighted by molar-refractivity contribution is 0.604. The van der Waals surface area contributed by atoms with Crippen LogP contribution >= 0.6 is 54.8 Å². The summed E-state index contributed by atoms with van der Waals surface area (Å²) in [7, 11) is 0. The molecule has 0 fully saturated rings. The zero-order valence-corrected chi connectivity index (χ0v) is 15.8. The molecule has 4 heteroatoms. The molecule has 1 aromatic carbocycles. The van der Waals surface area contributed by atoms with Crippen molar-refractivity contribution in [3.8, 4) is 0 Å². The Balaban J connectivity index is 2.36. The van der Waals surface area contributed by atoms with Crippen LogP contribution in [-0.4, -0.2) is 0 Å².